The molecule has 0 aliphatic rings. The van der Waals surface area contributed by atoms with Crippen LogP contribution in [0.4, 0.5) is 10.1 Å². The lowest BCUT2D eigenvalue weighted by Crippen LogP contribution is -2.04. The van der Waals surface area contributed by atoms with Crippen molar-refractivity contribution in [3.05, 3.63) is 28.0 Å². The van der Waals surface area contributed by atoms with Gasteiger partial charge in [0, 0.05) is 5.56 Å². The number of ketones is 1. The smallest absolute Gasteiger partial charge is 0.178 e. The maximum Gasteiger partial charge on any atom is 0.178 e. The van der Waals surface area contributed by atoms with E-state index in [9.17, 15) is 9.18 Å². The molecule has 2 nitrogen and oxygen atoms in total. The highest BCUT2D eigenvalue weighted by molar-refractivity contribution is 9.10. The first-order valence-electron chi connectivity index (χ1n) is 3.40. The Labute approximate surface area is 88.0 Å². The molecule has 0 saturated carbocycles. The lowest BCUT2D eigenvalue weighted by Gasteiger charge is -2.04. The predicted molar refractivity (Wildman–Crippen MR) is 53.6 cm³/mol. The molecular formula is C8H6BrClFNO. The Balaban J connectivity index is 3.26. The van der Waals surface area contributed by atoms with Crippen molar-refractivity contribution >= 4 is 39.0 Å². The fourth-order valence-electron chi connectivity index (χ4n) is 0.857. The molecular weight excluding hydrogens is 260 g/mol. The van der Waals surface area contributed by atoms with E-state index in [0.717, 1.165) is 6.07 Å². The van der Waals surface area contributed by atoms with Gasteiger partial charge < -0.3 is 5.73 Å². The van der Waals surface area contributed by atoms with Crippen molar-refractivity contribution in [2.75, 3.05) is 11.6 Å². The van der Waals surface area contributed by atoms with Crippen LogP contribution in [0.3, 0.4) is 0 Å². The zero-order chi connectivity index (χ0) is 10.0. The molecule has 0 heterocycles. The van der Waals surface area contributed by atoms with Crippen LogP contribution in [-0.2, 0) is 0 Å². The maximum atomic E-state index is 12.8. The largest absolute Gasteiger partial charge is 0.395 e. The quantitative estimate of drug-likeness (QED) is 0.508. The molecule has 0 radical (unpaired) electrons. The molecule has 5 heteroatoms. The van der Waals surface area contributed by atoms with Gasteiger partial charge in [0.2, 0.25) is 0 Å². The third-order valence-electron chi connectivity index (χ3n) is 1.55. The number of carbonyl (C=O) groups excluding carboxylic acids is 1. The van der Waals surface area contributed by atoms with Gasteiger partial charge in [-0.1, -0.05) is 0 Å². The van der Waals surface area contributed by atoms with Crippen LogP contribution in [0.1, 0.15) is 10.4 Å². The van der Waals surface area contributed by atoms with E-state index >= 15 is 0 Å². The summed E-state index contributed by atoms with van der Waals surface area (Å²) < 4.78 is 13.1. The molecule has 0 aliphatic heterocycles. The van der Waals surface area contributed by atoms with E-state index in [2.05, 4.69) is 15.9 Å². The summed E-state index contributed by atoms with van der Waals surface area (Å²) in [6.45, 7) is 0. The van der Waals surface area contributed by atoms with Crippen molar-refractivity contribution < 1.29 is 9.18 Å². The van der Waals surface area contributed by atoms with E-state index in [0.29, 0.717) is 5.56 Å². The van der Waals surface area contributed by atoms with Crippen LogP contribution in [0.25, 0.3) is 0 Å². The second-order valence-electron chi connectivity index (χ2n) is 2.38. The minimum absolute atomic E-state index is 0.0732. The van der Waals surface area contributed by atoms with Crippen LogP contribution in [-0.4, -0.2) is 11.7 Å². The Morgan fingerprint density at radius 1 is 1.62 bits per heavy atom. The molecule has 70 valence electrons. The van der Waals surface area contributed by atoms with Gasteiger partial charge in [-0.05, 0) is 28.1 Å². The number of benzene rings is 1. The molecule has 0 amide bonds. The SMILES string of the molecule is Nc1c(F)ccc(C(=O)CCl)c1Br. The van der Waals surface area contributed by atoms with Gasteiger partial charge >= 0.3 is 0 Å². The molecule has 0 saturated heterocycles. The second kappa shape index (κ2) is 4.07. The first kappa shape index (κ1) is 10.5. The van der Waals surface area contributed by atoms with Crippen LogP contribution in [0.2, 0.25) is 0 Å². The number of rotatable bonds is 2. The standard InChI is InChI=1S/C8H6BrClFNO/c9-7-4(6(13)3-10)1-2-5(11)8(7)12/h1-2H,3,12H2. The molecule has 0 bridgehead atoms. The van der Waals surface area contributed by atoms with Crippen LogP contribution in [0.15, 0.2) is 16.6 Å². The summed E-state index contributed by atoms with van der Waals surface area (Å²) in [4.78, 5) is 11.2. The summed E-state index contributed by atoms with van der Waals surface area (Å²) in [7, 11) is 0. The molecule has 0 spiro atoms. The average Bonchev–Trinajstić information content (AvgIpc) is 2.13. The molecule has 0 unspecified atom stereocenters. The Morgan fingerprint density at radius 2 is 2.23 bits per heavy atom. The first-order chi connectivity index (χ1) is 6.07. The summed E-state index contributed by atoms with van der Waals surface area (Å²) in [5, 5.41) is 0. The number of anilines is 1. The third kappa shape index (κ3) is 2.00. The monoisotopic (exact) mass is 265 g/mol. The van der Waals surface area contributed by atoms with E-state index in [1.54, 1.807) is 0 Å². The van der Waals surface area contributed by atoms with Crippen molar-refractivity contribution in [2.45, 2.75) is 0 Å². The summed E-state index contributed by atoms with van der Waals surface area (Å²) in [5.41, 5.74) is 5.58. The van der Waals surface area contributed by atoms with Crippen molar-refractivity contribution in [3.8, 4) is 0 Å². The summed E-state index contributed by atoms with van der Waals surface area (Å²) >= 11 is 8.37. The van der Waals surface area contributed by atoms with Gasteiger partial charge in [-0.15, -0.1) is 11.6 Å². The minimum Gasteiger partial charge on any atom is -0.395 e. The molecule has 0 atom stereocenters. The van der Waals surface area contributed by atoms with Crippen molar-refractivity contribution in [3.63, 3.8) is 0 Å². The van der Waals surface area contributed by atoms with Gasteiger partial charge in [-0.3, -0.25) is 4.79 Å². The average molecular weight is 266 g/mol. The highest BCUT2D eigenvalue weighted by Crippen LogP contribution is 2.27. The predicted octanol–water partition coefficient (Wildman–Crippen LogP) is 2.59. The van der Waals surface area contributed by atoms with Gasteiger partial charge in [0.1, 0.15) is 5.82 Å². The maximum absolute atomic E-state index is 12.8. The lowest BCUT2D eigenvalue weighted by atomic mass is 10.1. The summed E-state index contributed by atoms with van der Waals surface area (Å²) in [5.74, 6) is -0.998. The number of hydrogen-bond acceptors (Lipinski definition) is 2. The highest BCUT2D eigenvalue weighted by atomic mass is 79.9. The van der Waals surface area contributed by atoms with Gasteiger partial charge in [-0.2, -0.15) is 0 Å². The van der Waals surface area contributed by atoms with Gasteiger partial charge in [0.15, 0.2) is 5.78 Å². The lowest BCUT2D eigenvalue weighted by molar-refractivity contribution is 0.102. The fraction of sp³-hybridized carbons (Fsp3) is 0.125. The Bertz CT molecular complexity index is 356. The highest BCUT2D eigenvalue weighted by Gasteiger charge is 2.13. The van der Waals surface area contributed by atoms with Gasteiger partial charge in [-0.25, -0.2) is 4.39 Å². The van der Waals surface area contributed by atoms with Crippen LogP contribution in [0, 0.1) is 5.82 Å². The molecule has 13 heavy (non-hydrogen) atoms. The zero-order valence-electron chi connectivity index (χ0n) is 6.48. The van der Waals surface area contributed by atoms with E-state index in [1.807, 2.05) is 0 Å². The summed E-state index contributed by atoms with van der Waals surface area (Å²) in [6, 6.07) is 2.49. The molecule has 1 aromatic carbocycles. The number of Topliss-reactive ketones (excluding diaryl/α,β-unsaturated/α-hetero) is 1. The molecule has 0 fully saturated rings. The Hall–Kier alpha value is -0.610. The molecule has 1 rings (SSSR count). The van der Waals surface area contributed by atoms with Gasteiger partial charge in [0.05, 0.1) is 16.0 Å². The van der Waals surface area contributed by atoms with Crippen LogP contribution in [0.5, 0.6) is 0 Å². The summed E-state index contributed by atoms with van der Waals surface area (Å²) in [6.07, 6.45) is 0. The zero-order valence-corrected chi connectivity index (χ0v) is 8.82. The molecule has 1 aromatic rings. The van der Waals surface area contributed by atoms with Crippen LogP contribution >= 0.6 is 27.5 Å². The number of carbonyl (C=O) groups is 1. The molecule has 2 N–H and O–H groups in total. The van der Waals surface area contributed by atoms with Gasteiger partial charge in [0.25, 0.3) is 0 Å². The topological polar surface area (TPSA) is 43.1 Å². The normalized spacial score (nSPS) is 10.1. The van der Waals surface area contributed by atoms with Crippen LogP contribution < -0.4 is 5.73 Å². The van der Waals surface area contributed by atoms with E-state index < -0.39 is 5.82 Å². The number of nitrogen functional groups attached to an aromatic ring is 1. The number of hydrogen-bond donors (Lipinski definition) is 1. The Kier molecular flexibility index (Phi) is 3.27. The fourth-order valence-corrected chi connectivity index (χ4v) is 1.54. The number of alkyl halides is 1. The van der Waals surface area contributed by atoms with Crippen molar-refractivity contribution in [1.82, 2.24) is 0 Å². The Morgan fingerprint density at radius 3 is 2.77 bits per heavy atom. The third-order valence-corrected chi connectivity index (χ3v) is 2.65. The first-order valence-corrected chi connectivity index (χ1v) is 4.73. The van der Waals surface area contributed by atoms with Crippen molar-refractivity contribution in [2.24, 2.45) is 0 Å². The number of halogens is 3. The van der Waals surface area contributed by atoms with E-state index in [-0.39, 0.29) is 21.8 Å². The molecule has 0 aliphatic carbocycles. The number of nitrogens with two attached hydrogens (primary N) is 1. The van der Waals surface area contributed by atoms with E-state index in [1.165, 1.54) is 6.07 Å². The minimum atomic E-state index is -0.557. The second-order valence-corrected chi connectivity index (χ2v) is 3.44. The van der Waals surface area contributed by atoms with Crippen molar-refractivity contribution in [1.29, 1.82) is 0 Å². The molecule has 0 aromatic heterocycles. The van der Waals surface area contributed by atoms with E-state index in [4.69, 9.17) is 17.3 Å².